The number of hydrogen-bond acceptors (Lipinski definition) is 7. The number of carbonyl (C=O) groups excluding carboxylic acids is 2. The first kappa shape index (κ1) is 18.8. The lowest BCUT2D eigenvalue weighted by atomic mass is 9.96. The molecule has 1 aliphatic rings. The largest absolute Gasteiger partial charge is 0.504 e. The van der Waals surface area contributed by atoms with Crippen molar-refractivity contribution >= 4 is 11.7 Å². The summed E-state index contributed by atoms with van der Waals surface area (Å²) in [7, 11) is 4.24. The fourth-order valence-corrected chi connectivity index (χ4v) is 2.82. The van der Waals surface area contributed by atoms with Gasteiger partial charge in [-0.15, -0.1) is 0 Å². The second-order valence-corrected chi connectivity index (χ2v) is 5.51. The Morgan fingerprint density at radius 1 is 1.24 bits per heavy atom. The number of aliphatic hydroxyl groups excluding tert-OH is 1. The molecule has 8 heteroatoms. The quantitative estimate of drug-likeness (QED) is 0.713. The van der Waals surface area contributed by atoms with Crippen molar-refractivity contribution < 1.29 is 34.0 Å². The van der Waals surface area contributed by atoms with Crippen molar-refractivity contribution in [1.82, 2.24) is 4.90 Å². The number of benzene rings is 1. The molecule has 0 fully saturated rings. The number of phenols is 1. The number of hydrogen-bond donors (Lipinski definition) is 2. The summed E-state index contributed by atoms with van der Waals surface area (Å²) in [5.41, 5.74) is 0.479. The van der Waals surface area contributed by atoms with Crippen molar-refractivity contribution in [2.45, 2.75) is 19.3 Å². The number of amides is 1. The molecule has 1 aromatic rings. The molecule has 0 saturated carbocycles. The molecule has 8 nitrogen and oxygen atoms in total. The Morgan fingerprint density at radius 2 is 1.88 bits per heavy atom. The average molecular weight is 351 g/mol. The first-order valence-electron chi connectivity index (χ1n) is 7.53. The zero-order valence-electron chi connectivity index (χ0n) is 14.5. The Hall–Kier alpha value is -2.58. The van der Waals surface area contributed by atoms with Crippen LogP contribution >= 0.6 is 0 Å². The van der Waals surface area contributed by atoms with Crippen LogP contribution in [0.25, 0.3) is 0 Å². The van der Waals surface area contributed by atoms with Gasteiger partial charge in [-0.25, -0.2) is 0 Å². The third kappa shape index (κ3) is 3.45. The van der Waals surface area contributed by atoms with Gasteiger partial charge in [0.05, 0.1) is 25.3 Å². The Balaban J connectivity index is 2.53. The topological polar surface area (TPSA) is 106 Å². The minimum atomic E-state index is -0.840. The van der Waals surface area contributed by atoms with Gasteiger partial charge in [-0.2, -0.15) is 0 Å². The van der Waals surface area contributed by atoms with E-state index in [9.17, 15) is 19.8 Å². The van der Waals surface area contributed by atoms with Gasteiger partial charge in [0.1, 0.15) is 0 Å². The molecule has 1 aromatic carbocycles. The number of carbonyl (C=O) groups is 2. The maximum Gasteiger partial charge on any atom is 0.290 e. The van der Waals surface area contributed by atoms with E-state index in [1.54, 1.807) is 6.07 Å². The first-order valence-corrected chi connectivity index (χ1v) is 7.53. The normalized spacial score (nSPS) is 17.6. The van der Waals surface area contributed by atoms with Crippen LogP contribution in [0.1, 0.15) is 18.5 Å². The molecule has 25 heavy (non-hydrogen) atoms. The van der Waals surface area contributed by atoms with E-state index in [1.165, 1.54) is 45.3 Å². The van der Waals surface area contributed by atoms with Crippen LogP contribution in [0.5, 0.6) is 11.5 Å². The van der Waals surface area contributed by atoms with Crippen LogP contribution in [0.15, 0.2) is 29.5 Å². The van der Waals surface area contributed by atoms with Crippen LogP contribution in [0, 0.1) is 0 Å². The number of ether oxygens (including phenoxy) is 3. The SMILES string of the molecule is COc1cc(C2C(C(C)=O)=C(O)C(=O)N2CC(OC)OC)ccc1O. The highest BCUT2D eigenvalue weighted by Gasteiger charge is 2.43. The molecule has 2 N–H and O–H groups in total. The Kier molecular flexibility index (Phi) is 5.66. The van der Waals surface area contributed by atoms with Crippen molar-refractivity contribution in [3.8, 4) is 11.5 Å². The van der Waals surface area contributed by atoms with E-state index in [0.29, 0.717) is 5.56 Å². The molecular weight excluding hydrogens is 330 g/mol. The van der Waals surface area contributed by atoms with Crippen LogP contribution in [-0.2, 0) is 19.1 Å². The predicted octanol–water partition coefficient (Wildman–Crippen LogP) is 1.30. The standard InChI is InChI=1S/C17H21NO7/c1-9(19)14-15(10-5-6-11(20)12(7-10)23-2)18(17(22)16(14)21)8-13(24-3)25-4/h5-7,13,15,20-21H,8H2,1-4H3. The van der Waals surface area contributed by atoms with Crippen molar-refractivity contribution in [3.63, 3.8) is 0 Å². The van der Waals surface area contributed by atoms with Gasteiger partial charge in [0.25, 0.3) is 5.91 Å². The fraction of sp³-hybridized carbons (Fsp3) is 0.412. The second-order valence-electron chi connectivity index (χ2n) is 5.51. The zero-order chi connectivity index (χ0) is 18.7. The number of ketones is 1. The summed E-state index contributed by atoms with van der Waals surface area (Å²) >= 11 is 0. The molecule has 1 amide bonds. The van der Waals surface area contributed by atoms with Crippen LogP contribution in [0.4, 0.5) is 0 Å². The molecule has 136 valence electrons. The molecule has 0 aromatic heterocycles. The van der Waals surface area contributed by atoms with E-state index in [2.05, 4.69) is 0 Å². The van der Waals surface area contributed by atoms with E-state index < -0.39 is 29.8 Å². The van der Waals surface area contributed by atoms with Crippen LogP contribution < -0.4 is 4.74 Å². The monoisotopic (exact) mass is 351 g/mol. The molecule has 2 rings (SSSR count). The van der Waals surface area contributed by atoms with Crippen LogP contribution in [-0.4, -0.2) is 61.0 Å². The number of aromatic hydroxyl groups is 1. The summed E-state index contributed by atoms with van der Waals surface area (Å²) < 4.78 is 15.3. The molecule has 1 unspecified atom stereocenters. The summed E-state index contributed by atoms with van der Waals surface area (Å²) in [4.78, 5) is 25.8. The summed E-state index contributed by atoms with van der Waals surface area (Å²) in [5, 5.41) is 19.9. The van der Waals surface area contributed by atoms with E-state index in [-0.39, 0.29) is 23.6 Å². The maximum atomic E-state index is 12.5. The predicted molar refractivity (Wildman–Crippen MR) is 87.3 cm³/mol. The van der Waals surface area contributed by atoms with Gasteiger partial charge < -0.3 is 29.3 Å². The Labute approximate surface area is 145 Å². The van der Waals surface area contributed by atoms with Crippen molar-refractivity contribution in [3.05, 3.63) is 35.1 Å². The lowest BCUT2D eigenvalue weighted by molar-refractivity contribution is -0.144. The number of rotatable bonds is 7. The molecule has 1 atom stereocenters. The molecule has 0 spiro atoms. The maximum absolute atomic E-state index is 12.5. The summed E-state index contributed by atoms with van der Waals surface area (Å²) in [6.07, 6.45) is -0.732. The van der Waals surface area contributed by atoms with Gasteiger partial charge in [-0.05, 0) is 24.6 Å². The highest BCUT2D eigenvalue weighted by molar-refractivity contribution is 6.08. The van der Waals surface area contributed by atoms with Gasteiger partial charge in [0.2, 0.25) is 0 Å². The summed E-state index contributed by atoms with van der Waals surface area (Å²) in [6, 6.07) is 3.62. The molecule has 1 aliphatic heterocycles. The smallest absolute Gasteiger partial charge is 0.290 e. The molecular formula is C17H21NO7. The van der Waals surface area contributed by atoms with Gasteiger partial charge in [0, 0.05) is 14.2 Å². The van der Waals surface area contributed by atoms with E-state index in [0.717, 1.165) is 0 Å². The minimum absolute atomic E-state index is 0.000528. The summed E-state index contributed by atoms with van der Waals surface area (Å²) in [6.45, 7) is 1.28. The third-order valence-corrected chi connectivity index (χ3v) is 4.07. The lowest BCUT2D eigenvalue weighted by Crippen LogP contribution is -2.38. The average Bonchev–Trinajstić information content (AvgIpc) is 2.84. The Bertz CT molecular complexity index is 709. The zero-order valence-corrected chi connectivity index (χ0v) is 14.5. The number of methoxy groups -OCH3 is 3. The highest BCUT2D eigenvalue weighted by Crippen LogP contribution is 2.40. The van der Waals surface area contributed by atoms with Gasteiger partial charge in [-0.1, -0.05) is 6.07 Å². The number of Topliss-reactive ketones (excluding diaryl/α,β-unsaturated/α-hetero) is 1. The van der Waals surface area contributed by atoms with E-state index in [4.69, 9.17) is 14.2 Å². The lowest BCUT2D eigenvalue weighted by Gasteiger charge is -2.29. The van der Waals surface area contributed by atoms with E-state index >= 15 is 0 Å². The number of aliphatic hydroxyl groups is 1. The van der Waals surface area contributed by atoms with Crippen molar-refractivity contribution in [2.24, 2.45) is 0 Å². The van der Waals surface area contributed by atoms with Crippen molar-refractivity contribution in [2.75, 3.05) is 27.9 Å². The first-order chi connectivity index (χ1) is 11.8. The van der Waals surface area contributed by atoms with Crippen LogP contribution in [0.3, 0.4) is 0 Å². The summed E-state index contributed by atoms with van der Waals surface area (Å²) in [5.74, 6) is -1.62. The van der Waals surface area contributed by atoms with Gasteiger partial charge in [-0.3, -0.25) is 9.59 Å². The van der Waals surface area contributed by atoms with Crippen LogP contribution in [0.2, 0.25) is 0 Å². The molecule has 0 radical (unpaired) electrons. The third-order valence-electron chi connectivity index (χ3n) is 4.07. The second kappa shape index (κ2) is 7.54. The highest BCUT2D eigenvalue weighted by atomic mass is 16.7. The van der Waals surface area contributed by atoms with Gasteiger partial charge >= 0.3 is 0 Å². The molecule has 0 aliphatic carbocycles. The molecule has 0 bridgehead atoms. The molecule has 0 saturated heterocycles. The fourth-order valence-electron chi connectivity index (χ4n) is 2.82. The minimum Gasteiger partial charge on any atom is -0.504 e. The van der Waals surface area contributed by atoms with Crippen molar-refractivity contribution in [1.29, 1.82) is 0 Å². The number of nitrogens with zero attached hydrogens (tertiary/aromatic N) is 1. The Morgan fingerprint density at radius 3 is 2.40 bits per heavy atom. The number of phenolic OH excluding ortho intramolecular Hbond substituents is 1. The van der Waals surface area contributed by atoms with Gasteiger partial charge in [0.15, 0.2) is 29.3 Å². The van der Waals surface area contributed by atoms with E-state index in [1.807, 2.05) is 0 Å². The molecule has 1 heterocycles.